The number of hydrogen-bond acceptors (Lipinski definition) is 0. The Bertz CT molecular complexity index is 84.1. The van der Waals surface area contributed by atoms with Crippen molar-refractivity contribution in [2.45, 2.75) is 69.7 Å². The van der Waals surface area contributed by atoms with Crippen molar-refractivity contribution in [1.29, 1.82) is 0 Å². The third-order valence-corrected chi connectivity index (χ3v) is 0. The van der Waals surface area contributed by atoms with E-state index in [4.69, 9.17) is 0 Å². The van der Waals surface area contributed by atoms with E-state index >= 15 is 0 Å². The van der Waals surface area contributed by atoms with Gasteiger partial charge in [0.1, 0.15) is 0 Å². The average Bonchev–Trinajstić information content (AvgIpc) is 1.41. The van der Waals surface area contributed by atoms with E-state index in [0.717, 1.165) is 0 Å². The Morgan fingerprint density at radius 1 is 0.500 bits per heavy atom. The molecule has 0 fully saturated rings. The molecule has 0 spiro atoms. The largest absolute Gasteiger partial charge is 3.00 e. The second-order valence-corrected chi connectivity index (χ2v) is 7.68. The zero-order valence-electron chi connectivity index (χ0n) is 13.6. The minimum absolute atomic E-state index is 0. The van der Waals surface area contributed by atoms with Crippen molar-refractivity contribution in [2.75, 3.05) is 0 Å². The first-order valence-electron chi connectivity index (χ1n) is 5.56. The van der Waals surface area contributed by atoms with Crippen LogP contribution in [0.1, 0.15) is 69.7 Å². The van der Waals surface area contributed by atoms with Gasteiger partial charge in [-0.1, -0.05) is 69.7 Å². The van der Waals surface area contributed by atoms with Crippen molar-refractivity contribution >= 4 is 0 Å². The summed E-state index contributed by atoms with van der Waals surface area (Å²) in [5.74, 6) is 0. The Hall–Kier alpha value is 2.10. The van der Waals surface area contributed by atoms with Crippen LogP contribution in [0.3, 0.4) is 0 Å². The molecule has 0 N–H and O–H groups in total. The molecule has 0 aliphatic heterocycles. The molecular weight excluding hydrogens is 668 g/mol. The van der Waals surface area contributed by atoms with Crippen LogP contribution in [-0.4, -0.2) is 0 Å². The predicted octanol–water partition coefficient (Wildman–Crippen LogP) is 6.24. The second-order valence-electron chi connectivity index (χ2n) is 7.68. The molecule has 0 aliphatic carbocycles. The predicted molar refractivity (Wildman–Crippen MR) is 81.2 cm³/mol. The molecule has 0 aromatic heterocycles. The molecule has 0 bridgehead atoms. The fourth-order valence-corrected chi connectivity index (χ4v) is 0. The van der Waals surface area contributed by atoms with Crippen LogP contribution in [0.5, 0.6) is 0 Å². The summed E-state index contributed by atoms with van der Waals surface area (Å²) in [7, 11) is 0. The van der Waals surface area contributed by atoms with Gasteiger partial charge in [-0.15, -0.1) is 0 Å². The Kier molecular flexibility index (Phi) is 31.7. The van der Waals surface area contributed by atoms with Gasteiger partial charge < -0.3 is 20.8 Å². The van der Waals surface area contributed by atoms with Gasteiger partial charge in [0.2, 0.25) is 0 Å². The second kappa shape index (κ2) is 15.5. The molecule has 0 atom stereocenters. The zero-order chi connectivity index (χ0) is 13.5. The van der Waals surface area contributed by atoms with E-state index in [-0.39, 0.29) is 85.9 Å². The normalized spacial score (nSPS) is 10.0. The molecule has 0 saturated carbocycles. The van der Waals surface area contributed by atoms with Gasteiger partial charge in [0.05, 0.1) is 0 Å². The van der Waals surface area contributed by atoms with Gasteiger partial charge in [0, 0.05) is 31.1 Å². The topological polar surface area (TPSA) is 0 Å². The molecule has 0 aromatic carbocycles. The summed E-state index contributed by atoms with van der Waals surface area (Å²) in [4.78, 5) is 0. The average molecular weight is 706 g/mol. The summed E-state index contributed by atoms with van der Waals surface area (Å²) in [6.07, 6.45) is 0. The van der Waals surface area contributed by atoms with E-state index in [1.165, 1.54) is 0 Å². The standard InChI is InChI=1S/3C5H11.CH4.2U/c3*1-5(2,3)4;;;/h3*1H2,2-4H3;1H4;;/q3*-1;;;+3. The Balaban J connectivity index is -0.0000000277. The van der Waals surface area contributed by atoms with Crippen molar-refractivity contribution in [3.63, 3.8) is 0 Å². The van der Waals surface area contributed by atoms with Crippen LogP contribution in [0.25, 0.3) is 0 Å². The number of hydrogen-bond donors (Lipinski definition) is 0. The summed E-state index contributed by atoms with van der Waals surface area (Å²) >= 11 is 0. The fraction of sp³-hybridized carbons (Fsp3) is 0.812. The van der Waals surface area contributed by atoms with Gasteiger partial charge in [-0.3, -0.25) is 0 Å². The summed E-state index contributed by atoms with van der Waals surface area (Å²) in [5, 5.41) is 0. The maximum Gasteiger partial charge on any atom is 3.00 e. The molecule has 0 heterocycles. The SMILES string of the molecule is C.[CH2-]C(C)(C)C.[CH2-]C(C)(C)C.[CH2-]C(C)(C)C.[U+3].[U]. The first kappa shape index (κ1) is 36.9. The molecular formula is C16H37U2. The van der Waals surface area contributed by atoms with Crippen molar-refractivity contribution in [2.24, 2.45) is 16.2 Å². The maximum atomic E-state index is 3.77. The van der Waals surface area contributed by atoms with Gasteiger partial charge in [-0.2, -0.15) is 16.2 Å². The quantitative estimate of drug-likeness (QED) is 0.262. The molecule has 1 radical (unpaired) electrons. The van der Waals surface area contributed by atoms with Crippen LogP contribution >= 0.6 is 0 Å². The summed E-state index contributed by atoms with van der Waals surface area (Å²) in [6.45, 7) is 30.0. The number of rotatable bonds is 0. The Labute approximate surface area is 167 Å². The third-order valence-electron chi connectivity index (χ3n) is 0. The van der Waals surface area contributed by atoms with E-state index < -0.39 is 0 Å². The fourth-order valence-electron chi connectivity index (χ4n) is 0. The molecule has 2 heteroatoms. The van der Waals surface area contributed by atoms with Crippen LogP contribution in [0.4, 0.5) is 0 Å². The third kappa shape index (κ3) is 1200. The minimum atomic E-state index is 0. The van der Waals surface area contributed by atoms with E-state index in [1.54, 1.807) is 0 Å². The molecule has 0 nitrogen and oxygen atoms in total. The minimum Gasteiger partial charge on any atom is -0.338 e. The van der Waals surface area contributed by atoms with Crippen molar-refractivity contribution < 1.29 is 62.2 Å². The molecule has 0 unspecified atom stereocenters. The van der Waals surface area contributed by atoms with E-state index in [0.29, 0.717) is 0 Å². The van der Waals surface area contributed by atoms with Crippen molar-refractivity contribution in [3.8, 4) is 0 Å². The first-order valence-corrected chi connectivity index (χ1v) is 5.56. The van der Waals surface area contributed by atoms with Crippen molar-refractivity contribution in [1.82, 2.24) is 0 Å². The van der Waals surface area contributed by atoms with Crippen LogP contribution in [0.2, 0.25) is 0 Å². The summed E-state index contributed by atoms with van der Waals surface area (Å²) in [6, 6.07) is 0. The van der Waals surface area contributed by atoms with Crippen LogP contribution < -0.4 is 0 Å². The van der Waals surface area contributed by atoms with Gasteiger partial charge in [-0.25, -0.2) is 0 Å². The van der Waals surface area contributed by atoms with Crippen LogP contribution in [-0.2, 0) is 0 Å². The molecule has 0 saturated heterocycles. The van der Waals surface area contributed by atoms with Crippen LogP contribution in [0.15, 0.2) is 0 Å². The van der Waals surface area contributed by atoms with Crippen molar-refractivity contribution in [3.05, 3.63) is 20.8 Å². The molecule has 0 amide bonds. The summed E-state index contributed by atoms with van der Waals surface area (Å²) < 4.78 is 0. The first-order chi connectivity index (χ1) is 6.00. The molecule has 0 rings (SSSR count). The molecule has 18 heavy (non-hydrogen) atoms. The summed E-state index contributed by atoms with van der Waals surface area (Å²) in [5.41, 5.74) is 0.750. The van der Waals surface area contributed by atoms with Gasteiger partial charge in [0.25, 0.3) is 0 Å². The smallest absolute Gasteiger partial charge is 0.338 e. The zero-order valence-corrected chi connectivity index (χ0v) is 21.9. The maximum absolute atomic E-state index is 3.77. The van der Waals surface area contributed by atoms with E-state index in [2.05, 4.69) is 83.1 Å². The van der Waals surface area contributed by atoms with Gasteiger partial charge >= 0.3 is 31.1 Å². The Morgan fingerprint density at radius 2 is 0.500 bits per heavy atom. The molecule has 109 valence electrons. The van der Waals surface area contributed by atoms with E-state index in [9.17, 15) is 0 Å². The Morgan fingerprint density at radius 3 is 0.500 bits per heavy atom. The molecule has 0 aliphatic rings. The van der Waals surface area contributed by atoms with Crippen LogP contribution in [0, 0.1) is 99.2 Å². The monoisotopic (exact) mass is 705 g/mol. The van der Waals surface area contributed by atoms with Gasteiger partial charge in [-0.05, 0) is 0 Å². The van der Waals surface area contributed by atoms with Gasteiger partial charge in [0.15, 0.2) is 0 Å². The van der Waals surface area contributed by atoms with E-state index in [1.807, 2.05) is 0 Å². The molecule has 0 aromatic rings.